The summed E-state index contributed by atoms with van der Waals surface area (Å²) < 4.78 is 14.9. The first-order valence-corrected chi connectivity index (χ1v) is 5.41. The Hall–Kier alpha value is -1.55. The van der Waals surface area contributed by atoms with Crippen LogP contribution in [0.15, 0.2) is 48.5 Å². The van der Waals surface area contributed by atoms with E-state index in [1.54, 1.807) is 43.3 Å². The molecule has 18 heavy (non-hydrogen) atoms. The van der Waals surface area contributed by atoms with E-state index >= 15 is 0 Å². The Morgan fingerprint density at radius 2 is 1.78 bits per heavy atom. The Bertz CT molecular complexity index is 522. The van der Waals surface area contributed by atoms with Gasteiger partial charge in [-0.3, -0.25) is 4.79 Å². The standard InChI is InChI=1S/C14H13FNO.BrH/c1-11-6-5-9-14(15)16(11)10-13(17)12-7-3-2-4-8-12;/h2-9H,10H2,1H3;1H/q+1;/p-1. The lowest BCUT2D eigenvalue weighted by molar-refractivity contribution is -0.716. The third-order valence-corrected chi connectivity index (χ3v) is 2.65. The first kappa shape index (κ1) is 14.5. The van der Waals surface area contributed by atoms with Crippen molar-refractivity contribution >= 4 is 5.78 Å². The minimum Gasteiger partial charge on any atom is -1.00 e. The van der Waals surface area contributed by atoms with Gasteiger partial charge in [-0.25, -0.2) is 0 Å². The number of ketones is 1. The maximum absolute atomic E-state index is 13.5. The molecule has 0 bridgehead atoms. The number of carbonyl (C=O) groups is 1. The van der Waals surface area contributed by atoms with Gasteiger partial charge in [0.25, 0.3) is 0 Å². The molecule has 0 N–H and O–H groups in total. The van der Waals surface area contributed by atoms with Crippen LogP contribution in [-0.2, 0) is 6.54 Å². The van der Waals surface area contributed by atoms with Crippen molar-refractivity contribution in [3.05, 3.63) is 65.7 Å². The third kappa shape index (κ3) is 3.23. The molecule has 0 spiro atoms. The van der Waals surface area contributed by atoms with E-state index in [2.05, 4.69) is 0 Å². The number of pyridine rings is 1. The van der Waals surface area contributed by atoms with Crippen LogP contribution in [0.2, 0.25) is 0 Å². The van der Waals surface area contributed by atoms with Gasteiger partial charge in [0.1, 0.15) is 0 Å². The van der Waals surface area contributed by atoms with Gasteiger partial charge in [-0.05, 0) is 6.07 Å². The highest BCUT2D eigenvalue weighted by Gasteiger charge is 2.18. The molecule has 0 aliphatic rings. The Kier molecular flexibility index (Phi) is 5.16. The van der Waals surface area contributed by atoms with Gasteiger partial charge in [0.15, 0.2) is 5.69 Å². The van der Waals surface area contributed by atoms with Gasteiger partial charge < -0.3 is 17.0 Å². The van der Waals surface area contributed by atoms with Crippen LogP contribution >= 0.6 is 0 Å². The lowest BCUT2D eigenvalue weighted by atomic mass is 10.1. The Labute approximate surface area is 116 Å². The van der Waals surface area contributed by atoms with Crippen molar-refractivity contribution in [3.8, 4) is 0 Å². The van der Waals surface area contributed by atoms with E-state index in [1.165, 1.54) is 10.6 Å². The van der Waals surface area contributed by atoms with E-state index in [0.717, 1.165) is 5.69 Å². The SMILES string of the molecule is Cc1cccc(F)[n+]1CC(=O)c1ccccc1.[Br-]. The second kappa shape index (κ2) is 6.40. The van der Waals surface area contributed by atoms with Crippen LogP contribution in [-0.4, -0.2) is 5.78 Å². The van der Waals surface area contributed by atoms with Gasteiger partial charge in [0, 0.05) is 24.6 Å². The molecular formula is C14H13BrFNO. The summed E-state index contributed by atoms with van der Waals surface area (Å²) in [4.78, 5) is 11.9. The van der Waals surface area contributed by atoms with Crippen molar-refractivity contribution in [1.82, 2.24) is 0 Å². The van der Waals surface area contributed by atoms with E-state index in [-0.39, 0.29) is 29.3 Å². The van der Waals surface area contributed by atoms with Crippen molar-refractivity contribution in [3.63, 3.8) is 0 Å². The zero-order chi connectivity index (χ0) is 12.3. The molecule has 94 valence electrons. The highest BCUT2D eigenvalue weighted by molar-refractivity contribution is 5.94. The number of carbonyl (C=O) groups excluding carboxylic acids is 1. The quantitative estimate of drug-likeness (QED) is 0.418. The Morgan fingerprint density at radius 1 is 1.11 bits per heavy atom. The summed E-state index contributed by atoms with van der Waals surface area (Å²) in [6.45, 7) is 1.81. The van der Waals surface area contributed by atoms with Crippen LogP contribution in [0.4, 0.5) is 4.39 Å². The van der Waals surface area contributed by atoms with Crippen molar-refractivity contribution in [2.24, 2.45) is 0 Å². The van der Waals surface area contributed by atoms with Crippen molar-refractivity contribution in [2.45, 2.75) is 13.5 Å². The number of benzene rings is 1. The third-order valence-electron chi connectivity index (χ3n) is 2.65. The van der Waals surface area contributed by atoms with Gasteiger partial charge in [-0.15, -0.1) is 4.39 Å². The minimum atomic E-state index is -0.394. The second-order valence-electron chi connectivity index (χ2n) is 3.87. The number of hydrogen-bond donors (Lipinski definition) is 0. The molecule has 0 fully saturated rings. The molecule has 0 unspecified atom stereocenters. The topological polar surface area (TPSA) is 20.9 Å². The normalized spacial score (nSPS) is 9.67. The van der Waals surface area contributed by atoms with Gasteiger partial charge in [0.05, 0.1) is 0 Å². The summed E-state index contributed by atoms with van der Waals surface area (Å²) in [5, 5.41) is 0. The fourth-order valence-corrected chi connectivity index (χ4v) is 1.67. The minimum absolute atomic E-state index is 0. The summed E-state index contributed by atoms with van der Waals surface area (Å²) >= 11 is 0. The Balaban J connectivity index is 0.00000162. The van der Waals surface area contributed by atoms with E-state index in [9.17, 15) is 9.18 Å². The molecule has 0 saturated carbocycles. The summed E-state index contributed by atoms with van der Waals surface area (Å²) in [5.41, 5.74) is 1.33. The summed E-state index contributed by atoms with van der Waals surface area (Å²) in [5.74, 6) is -0.488. The zero-order valence-corrected chi connectivity index (χ0v) is 11.5. The first-order chi connectivity index (χ1) is 8.18. The molecule has 0 amide bonds. The molecule has 0 aliphatic carbocycles. The van der Waals surface area contributed by atoms with Crippen LogP contribution in [0.25, 0.3) is 0 Å². The first-order valence-electron chi connectivity index (χ1n) is 5.41. The van der Waals surface area contributed by atoms with E-state index in [4.69, 9.17) is 0 Å². The van der Waals surface area contributed by atoms with Gasteiger partial charge in [-0.1, -0.05) is 30.3 Å². The molecule has 2 rings (SSSR count). The average Bonchev–Trinajstić information content (AvgIpc) is 2.35. The van der Waals surface area contributed by atoms with Crippen LogP contribution in [0.1, 0.15) is 16.1 Å². The van der Waals surface area contributed by atoms with Crippen LogP contribution in [0.5, 0.6) is 0 Å². The molecule has 0 radical (unpaired) electrons. The molecule has 2 nitrogen and oxygen atoms in total. The van der Waals surface area contributed by atoms with Crippen LogP contribution < -0.4 is 21.5 Å². The number of nitrogens with zero attached hydrogens (tertiary/aromatic N) is 1. The highest BCUT2D eigenvalue weighted by atomic mass is 79.9. The molecule has 1 aromatic carbocycles. The number of rotatable bonds is 3. The lowest BCUT2D eigenvalue weighted by Gasteiger charge is -2.01. The van der Waals surface area contributed by atoms with Crippen LogP contribution in [0, 0.1) is 12.9 Å². The van der Waals surface area contributed by atoms with Gasteiger partial charge >= 0.3 is 5.95 Å². The predicted octanol–water partition coefficient (Wildman–Crippen LogP) is -0.691. The molecule has 0 aliphatic heterocycles. The molecule has 2 aromatic rings. The summed E-state index contributed by atoms with van der Waals surface area (Å²) in [7, 11) is 0. The van der Waals surface area contributed by atoms with Crippen molar-refractivity contribution in [2.75, 3.05) is 0 Å². The molecule has 0 saturated heterocycles. The molecule has 0 atom stereocenters. The number of aryl methyl sites for hydroxylation is 1. The highest BCUT2D eigenvalue weighted by Crippen LogP contribution is 2.01. The summed E-state index contributed by atoms with van der Waals surface area (Å²) in [6, 6.07) is 13.7. The average molecular weight is 310 g/mol. The molecular weight excluding hydrogens is 297 g/mol. The van der Waals surface area contributed by atoms with Crippen molar-refractivity contribution < 1.29 is 30.7 Å². The van der Waals surface area contributed by atoms with Gasteiger partial charge in [0.2, 0.25) is 12.3 Å². The van der Waals surface area contributed by atoms with Gasteiger partial charge in [-0.2, -0.15) is 4.57 Å². The number of hydrogen-bond acceptors (Lipinski definition) is 1. The molecule has 4 heteroatoms. The summed E-state index contributed by atoms with van der Waals surface area (Å²) in [6.07, 6.45) is 0. The largest absolute Gasteiger partial charge is 1.00 e. The van der Waals surface area contributed by atoms with Crippen LogP contribution in [0.3, 0.4) is 0 Å². The number of aromatic nitrogens is 1. The lowest BCUT2D eigenvalue weighted by Crippen LogP contribution is -3.00. The number of Topliss-reactive ketones (excluding diaryl/α,β-unsaturated/α-hetero) is 1. The number of halogens is 2. The maximum Gasteiger partial charge on any atom is 0.360 e. The smallest absolute Gasteiger partial charge is 0.360 e. The zero-order valence-electron chi connectivity index (χ0n) is 9.94. The van der Waals surface area contributed by atoms with E-state index in [0.29, 0.717) is 5.56 Å². The monoisotopic (exact) mass is 309 g/mol. The molecule has 1 aromatic heterocycles. The fourth-order valence-electron chi connectivity index (χ4n) is 1.67. The van der Waals surface area contributed by atoms with E-state index in [1.807, 2.05) is 6.07 Å². The Morgan fingerprint density at radius 3 is 2.39 bits per heavy atom. The maximum atomic E-state index is 13.5. The molecule has 1 heterocycles. The van der Waals surface area contributed by atoms with Crippen molar-refractivity contribution in [1.29, 1.82) is 0 Å². The predicted molar refractivity (Wildman–Crippen MR) is 62.1 cm³/mol. The fraction of sp³-hybridized carbons (Fsp3) is 0.143. The second-order valence-corrected chi connectivity index (χ2v) is 3.87. The van der Waals surface area contributed by atoms with E-state index < -0.39 is 5.95 Å².